The lowest BCUT2D eigenvalue weighted by molar-refractivity contribution is 0.233. The van der Waals surface area contributed by atoms with Crippen LogP contribution in [0.25, 0.3) is 0 Å². The number of aryl methyl sites for hydroxylation is 1. The Morgan fingerprint density at radius 2 is 2.10 bits per heavy atom. The van der Waals surface area contributed by atoms with Gasteiger partial charge in [-0.1, -0.05) is 6.07 Å². The van der Waals surface area contributed by atoms with Gasteiger partial charge in [-0.3, -0.25) is 4.90 Å². The third-order valence-corrected chi connectivity index (χ3v) is 5.28. The van der Waals surface area contributed by atoms with Crippen LogP contribution in [0, 0.1) is 0 Å². The molecule has 1 atom stereocenters. The Balaban J connectivity index is 2.18. The van der Waals surface area contributed by atoms with Crippen LogP contribution in [-0.4, -0.2) is 28.0 Å². The Bertz CT molecular complexity index is 582. The minimum atomic E-state index is 0.163. The molecule has 0 amide bonds. The molecule has 0 aliphatic rings. The number of imidazole rings is 1. The van der Waals surface area contributed by atoms with Crippen molar-refractivity contribution in [1.82, 2.24) is 14.5 Å². The molecule has 4 nitrogen and oxygen atoms in total. The molecule has 0 saturated carbocycles. The fourth-order valence-electron chi connectivity index (χ4n) is 2.17. The zero-order chi connectivity index (χ0) is 14.7. The van der Waals surface area contributed by atoms with Crippen LogP contribution in [0.3, 0.4) is 0 Å². The summed E-state index contributed by atoms with van der Waals surface area (Å²) in [5, 5.41) is 0. The first kappa shape index (κ1) is 15.7. The smallest absolute Gasteiger partial charge is 0.122 e. The zero-order valence-electron chi connectivity index (χ0n) is 11.6. The molecule has 20 heavy (non-hydrogen) atoms. The van der Waals surface area contributed by atoms with Gasteiger partial charge < -0.3 is 10.3 Å². The molecule has 1 aromatic carbocycles. The van der Waals surface area contributed by atoms with Crippen molar-refractivity contribution < 1.29 is 0 Å². The lowest BCUT2D eigenvalue weighted by atomic mass is 10.1. The van der Waals surface area contributed by atoms with Gasteiger partial charge in [0.15, 0.2) is 0 Å². The maximum absolute atomic E-state index is 5.96. The second-order valence-corrected chi connectivity index (χ2v) is 6.50. The topological polar surface area (TPSA) is 47.1 Å². The molecular weight excluding hydrogens is 384 g/mol. The highest BCUT2D eigenvalue weighted by atomic mass is 79.9. The van der Waals surface area contributed by atoms with Gasteiger partial charge in [0.1, 0.15) is 5.82 Å². The van der Waals surface area contributed by atoms with E-state index in [0.29, 0.717) is 6.54 Å². The first-order chi connectivity index (χ1) is 9.52. The Labute approximate surface area is 136 Å². The number of nitrogens with zero attached hydrogens (tertiary/aromatic N) is 3. The SMILES string of the molecule is CN(Cc1nccn1C)C(CN)c1ccc(Br)c(Br)c1. The molecule has 6 heteroatoms. The van der Waals surface area contributed by atoms with Crippen molar-refractivity contribution in [1.29, 1.82) is 0 Å². The highest BCUT2D eigenvalue weighted by Gasteiger charge is 2.17. The molecule has 2 aromatic rings. The van der Waals surface area contributed by atoms with Crippen molar-refractivity contribution in [2.75, 3.05) is 13.6 Å². The Morgan fingerprint density at radius 3 is 2.65 bits per heavy atom. The highest BCUT2D eigenvalue weighted by molar-refractivity contribution is 9.13. The summed E-state index contributed by atoms with van der Waals surface area (Å²) in [6.45, 7) is 1.33. The van der Waals surface area contributed by atoms with Crippen molar-refractivity contribution >= 4 is 31.9 Å². The molecule has 2 N–H and O–H groups in total. The van der Waals surface area contributed by atoms with Gasteiger partial charge in [-0.15, -0.1) is 0 Å². The van der Waals surface area contributed by atoms with Gasteiger partial charge in [-0.05, 0) is 56.6 Å². The summed E-state index contributed by atoms with van der Waals surface area (Å²) in [5.74, 6) is 1.03. The molecule has 2 rings (SSSR count). The van der Waals surface area contributed by atoms with Crippen LogP contribution in [0.5, 0.6) is 0 Å². The first-order valence-corrected chi connectivity index (χ1v) is 7.93. The minimum absolute atomic E-state index is 0.163. The average molecular weight is 402 g/mol. The first-order valence-electron chi connectivity index (χ1n) is 6.34. The third kappa shape index (κ3) is 3.49. The highest BCUT2D eigenvalue weighted by Crippen LogP contribution is 2.28. The van der Waals surface area contributed by atoms with Crippen molar-refractivity contribution in [3.8, 4) is 0 Å². The summed E-state index contributed by atoms with van der Waals surface area (Å²) in [5.41, 5.74) is 7.16. The third-order valence-electron chi connectivity index (χ3n) is 3.40. The zero-order valence-corrected chi connectivity index (χ0v) is 14.7. The van der Waals surface area contributed by atoms with Crippen LogP contribution >= 0.6 is 31.9 Å². The number of hydrogen-bond donors (Lipinski definition) is 1. The summed E-state index contributed by atoms with van der Waals surface area (Å²) in [6, 6.07) is 6.41. The van der Waals surface area contributed by atoms with Crippen LogP contribution < -0.4 is 5.73 Å². The lowest BCUT2D eigenvalue weighted by Gasteiger charge is -2.27. The molecular formula is C14H18Br2N4. The molecule has 1 unspecified atom stereocenters. The summed E-state index contributed by atoms with van der Waals surface area (Å²) < 4.78 is 4.12. The van der Waals surface area contributed by atoms with E-state index < -0.39 is 0 Å². The fraction of sp³-hybridized carbons (Fsp3) is 0.357. The van der Waals surface area contributed by atoms with Crippen LogP contribution in [0.15, 0.2) is 39.5 Å². The second kappa shape index (κ2) is 6.85. The van der Waals surface area contributed by atoms with Gasteiger partial charge in [-0.2, -0.15) is 0 Å². The molecule has 1 aromatic heterocycles. The Hall–Kier alpha value is -0.690. The Kier molecular flexibility index (Phi) is 5.37. The fourth-order valence-corrected chi connectivity index (χ4v) is 2.82. The van der Waals surface area contributed by atoms with E-state index in [4.69, 9.17) is 5.73 Å². The van der Waals surface area contributed by atoms with Crippen molar-refractivity contribution in [3.05, 3.63) is 50.9 Å². The molecule has 108 valence electrons. The Morgan fingerprint density at radius 1 is 1.35 bits per heavy atom. The van der Waals surface area contributed by atoms with E-state index in [1.807, 2.05) is 30.1 Å². The van der Waals surface area contributed by atoms with Gasteiger partial charge in [0.2, 0.25) is 0 Å². The minimum Gasteiger partial charge on any atom is -0.337 e. The molecule has 0 saturated heterocycles. The molecule has 0 aliphatic carbocycles. The number of aromatic nitrogens is 2. The summed E-state index contributed by atoms with van der Waals surface area (Å²) in [4.78, 5) is 6.58. The average Bonchev–Trinajstić information content (AvgIpc) is 2.80. The van der Waals surface area contributed by atoms with Crippen LogP contribution in [0.2, 0.25) is 0 Å². The summed E-state index contributed by atoms with van der Waals surface area (Å²) in [7, 11) is 4.08. The number of rotatable bonds is 5. The molecule has 0 spiro atoms. The molecule has 0 fully saturated rings. The van der Waals surface area contributed by atoms with Gasteiger partial charge in [-0.25, -0.2) is 4.98 Å². The number of benzene rings is 1. The van der Waals surface area contributed by atoms with Gasteiger partial charge in [0.25, 0.3) is 0 Å². The van der Waals surface area contributed by atoms with E-state index in [2.05, 4.69) is 60.9 Å². The van der Waals surface area contributed by atoms with E-state index in [-0.39, 0.29) is 6.04 Å². The monoisotopic (exact) mass is 400 g/mol. The number of nitrogens with two attached hydrogens (primary N) is 1. The van der Waals surface area contributed by atoms with Crippen LogP contribution in [0.4, 0.5) is 0 Å². The normalized spacial score (nSPS) is 12.9. The quantitative estimate of drug-likeness (QED) is 0.837. The largest absolute Gasteiger partial charge is 0.337 e. The van der Waals surface area contributed by atoms with E-state index >= 15 is 0 Å². The second-order valence-electron chi connectivity index (χ2n) is 4.79. The molecule has 1 heterocycles. The molecule has 0 bridgehead atoms. The van der Waals surface area contributed by atoms with Gasteiger partial charge in [0.05, 0.1) is 6.54 Å². The van der Waals surface area contributed by atoms with Gasteiger partial charge in [0, 0.05) is 41.0 Å². The van der Waals surface area contributed by atoms with Crippen molar-refractivity contribution in [3.63, 3.8) is 0 Å². The maximum Gasteiger partial charge on any atom is 0.122 e. The standard InChI is InChI=1S/C14H18Br2N4/c1-19-6-5-18-14(19)9-20(2)13(8-17)10-3-4-11(15)12(16)7-10/h3-7,13H,8-9,17H2,1-2H3. The summed E-state index contributed by atoms with van der Waals surface area (Å²) >= 11 is 7.03. The van der Waals surface area contributed by atoms with E-state index in [0.717, 1.165) is 21.3 Å². The maximum atomic E-state index is 5.96. The number of hydrogen-bond acceptors (Lipinski definition) is 3. The van der Waals surface area contributed by atoms with Crippen LogP contribution in [0.1, 0.15) is 17.4 Å². The predicted octanol–water partition coefficient (Wildman–Crippen LogP) is 3.08. The van der Waals surface area contributed by atoms with Crippen molar-refractivity contribution in [2.45, 2.75) is 12.6 Å². The summed E-state index contributed by atoms with van der Waals surface area (Å²) in [6.07, 6.45) is 3.77. The van der Waals surface area contributed by atoms with E-state index in [1.165, 1.54) is 5.56 Å². The predicted molar refractivity (Wildman–Crippen MR) is 88.3 cm³/mol. The number of likely N-dealkylation sites (N-methyl/N-ethyl adjacent to an activating group) is 1. The van der Waals surface area contributed by atoms with Crippen LogP contribution in [-0.2, 0) is 13.6 Å². The van der Waals surface area contributed by atoms with E-state index in [1.54, 1.807) is 0 Å². The van der Waals surface area contributed by atoms with Gasteiger partial charge >= 0.3 is 0 Å². The van der Waals surface area contributed by atoms with Crippen molar-refractivity contribution in [2.24, 2.45) is 12.8 Å². The van der Waals surface area contributed by atoms with E-state index in [9.17, 15) is 0 Å². The lowest BCUT2D eigenvalue weighted by Crippen LogP contribution is -2.31. The number of halogens is 2. The molecule has 0 aliphatic heterocycles. The molecule has 0 radical (unpaired) electrons.